The van der Waals surface area contributed by atoms with Gasteiger partial charge in [0.1, 0.15) is 5.60 Å². The number of carbonyl (C=O) groups excluding carboxylic acids is 1. The fraction of sp³-hybridized carbons (Fsp3) is 0.300. The molecule has 2 N–H and O–H groups in total. The van der Waals surface area contributed by atoms with Gasteiger partial charge in [0.05, 0.1) is 5.92 Å². The first-order valence-electron chi connectivity index (χ1n) is 8.12. The number of ether oxygens (including phenoxy) is 1. The Balaban J connectivity index is 2.22. The maximum absolute atomic E-state index is 12.0. The van der Waals surface area contributed by atoms with Gasteiger partial charge in [-0.25, -0.2) is 4.79 Å². The first kappa shape index (κ1) is 18.5. The normalized spacial score (nSPS) is 12.3. The first-order chi connectivity index (χ1) is 11.8. The van der Waals surface area contributed by atoms with Crippen LogP contribution in [0, 0.1) is 0 Å². The van der Waals surface area contributed by atoms with Crippen molar-refractivity contribution < 1.29 is 19.4 Å². The summed E-state index contributed by atoms with van der Waals surface area (Å²) in [7, 11) is 0. The minimum atomic E-state index is -0.904. The second-order valence-corrected chi connectivity index (χ2v) is 6.79. The van der Waals surface area contributed by atoms with Gasteiger partial charge in [-0.2, -0.15) is 0 Å². The molecule has 0 radical (unpaired) electrons. The molecule has 5 heteroatoms. The molecular formula is C20H23NO4. The average Bonchev–Trinajstić information content (AvgIpc) is 2.52. The molecule has 0 heterocycles. The van der Waals surface area contributed by atoms with Crippen LogP contribution in [0.5, 0.6) is 0 Å². The smallest absolute Gasteiger partial charge is 0.412 e. The minimum Gasteiger partial charge on any atom is -0.481 e. The number of carboxylic acids is 1. The molecule has 0 fully saturated rings. The monoisotopic (exact) mass is 341 g/mol. The number of nitrogens with one attached hydrogen (secondary N) is 1. The van der Waals surface area contributed by atoms with Gasteiger partial charge in [0.2, 0.25) is 0 Å². The van der Waals surface area contributed by atoms with Crippen molar-refractivity contribution >= 4 is 17.7 Å². The van der Waals surface area contributed by atoms with Gasteiger partial charge < -0.3 is 9.84 Å². The molecule has 0 aliphatic carbocycles. The van der Waals surface area contributed by atoms with E-state index in [9.17, 15) is 14.7 Å². The Bertz CT molecular complexity index is 735. The van der Waals surface area contributed by atoms with E-state index in [0.717, 1.165) is 11.1 Å². The van der Waals surface area contributed by atoms with E-state index < -0.39 is 23.6 Å². The quantitative estimate of drug-likeness (QED) is 0.843. The number of anilines is 1. The van der Waals surface area contributed by atoms with E-state index in [-0.39, 0.29) is 6.42 Å². The topological polar surface area (TPSA) is 75.6 Å². The van der Waals surface area contributed by atoms with Gasteiger partial charge in [-0.3, -0.25) is 10.1 Å². The lowest BCUT2D eigenvalue weighted by Crippen LogP contribution is -2.27. The lowest BCUT2D eigenvalue weighted by molar-refractivity contribution is -0.138. The molecule has 2 rings (SSSR count). The fourth-order valence-corrected chi connectivity index (χ4v) is 2.49. The number of hydrogen-bond donors (Lipinski definition) is 2. The molecule has 0 saturated heterocycles. The maximum atomic E-state index is 12.0. The summed E-state index contributed by atoms with van der Waals surface area (Å²) in [6.07, 6.45) is -0.294. The van der Waals surface area contributed by atoms with Crippen LogP contribution in [-0.2, 0) is 16.0 Å². The van der Waals surface area contributed by atoms with Crippen molar-refractivity contribution in [3.8, 4) is 0 Å². The lowest BCUT2D eigenvalue weighted by Gasteiger charge is -2.21. The number of carboxylic acid groups (broad SMARTS) is 1. The van der Waals surface area contributed by atoms with E-state index in [2.05, 4.69) is 5.32 Å². The average molecular weight is 341 g/mol. The third kappa shape index (κ3) is 5.64. The highest BCUT2D eigenvalue weighted by atomic mass is 16.6. The van der Waals surface area contributed by atoms with Crippen molar-refractivity contribution in [2.24, 2.45) is 0 Å². The third-order valence-electron chi connectivity index (χ3n) is 3.58. The van der Waals surface area contributed by atoms with Crippen molar-refractivity contribution in [1.82, 2.24) is 0 Å². The third-order valence-corrected chi connectivity index (χ3v) is 3.58. The van der Waals surface area contributed by atoms with Crippen molar-refractivity contribution in [2.75, 3.05) is 5.32 Å². The molecule has 0 spiro atoms. The van der Waals surface area contributed by atoms with Gasteiger partial charge in [0, 0.05) is 5.69 Å². The van der Waals surface area contributed by atoms with Crippen molar-refractivity contribution in [3.63, 3.8) is 0 Å². The molecule has 5 nitrogen and oxygen atoms in total. The molecule has 2 aromatic rings. The summed E-state index contributed by atoms with van der Waals surface area (Å²) in [6, 6.07) is 16.2. The van der Waals surface area contributed by atoms with E-state index in [1.54, 1.807) is 45.0 Å². The van der Waals surface area contributed by atoms with Crippen LogP contribution in [0.4, 0.5) is 10.5 Å². The van der Waals surface area contributed by atoms with Gasteiger partial charge in [-0.15, -0.1) is 0 Å². The molecule has 0 aliphatic heterocycles. The van der Waals surface area contributed by atoms with Crippen LogP contribution in [0.3, 0.4) is 0 Å². The van der Waals surface area contributed by atoms with Crippen LogP contribution in [0.25, 0.3) is 0 Å². The van der Waals surface area contributed by atoms with E-state index in [0.29, 0.717) is 5.69 Å². The predicted octanol–water partition coefficient (Wildman–Crippen LogP) is 4.44. The summed E-state index contributed by atoms with van der Waals surface area (Å²) in [6.45, 7) is 5.36. The standard InChI is InChI=1S/C20H23NO4/c1-20(2,3)25-19(24)21-17-12-8-7-11-15(17)13-16(18(22)23)14-9-5-4-6-10-14/h4-12,16H,13H2,1-3H3,(H,21,24)(H,22,23)/t16-/m0/s1. The van der Waals surface area contributed by atoms with Crippen molar-refractivity contribution in [2.45, 2.75) is 38.7 Å². The Morgan fingerprint density at radius 1 is 1.04 bits per heavy atom. The number of hydrogen-bond acceptors (Lipinski definition) is 3. The summed E-state index contributed by atoms with van der Waals surface area (Å²) < 4.78 is 5.27. The van der Waals surface area contributed by atoms with E-state index >= 15 is 0 Å². The SMILES string of the molecule is CC(C)(C)OC(=O)Nc1ccccc1C[C@H](C(=O)O)c1ccccc1. The number of benzene rings is 2. The zero-order valence-corrected chi connectivity index (χ0v) is 14.7. The Labute approximate surface area is 147 Å². The lowest BCUT2D eigenvalue weighted by atomic mass is 9.91. The Kier molecular flexibility index (Phi) is 5.80. The summed E-state index contributed by atoms with van der Waals surface area (Å²) in [5.74, 6) is -1.60. The number of aliphatic carboxylic acids is 1. The number of carbonyl (C=O) groups is 2. The molecule has 0 bridgehead atoms. The van der Waals surface area contributed by atoms with Gasteiger partial charge in [-0.1, -0.05) is 48.5 Å². The number of amides is 1. The number of rotatable bonds is 5. The fourth-order valence-electron chi connectivity index (χ4n) is 2.49. The summed E-state index contributed by atoms with van der Waals surface area (Å²) in [5.41, 5.74) is 1.41. The zero-order valence-electron chi connectivity index (χ0n) is 14.7. The highest BCUT2D eigenvalue weighted by molar-refractivity contribution is 5.86. The van der Waals surface area contributed by atoms with Crippen molar-refractivity contribution in [3.05, 3.63) is 65.7 Å². The maximum Gasteiger partial charge on any atom is 0.412 e. The molecule has 0 unspecified atom stereocenters. The molecule has 0 saturated carbocycles. The molecular weight excluding hydrogens is 318 g/mol. The van der Waals surface area contributed by atoms with Crippen LogP contribution < -0.4 is 5.32 Å². The largest absolute Gasteiger partial charge is 0.481 e. The highest BCUT2D eigenvalue weighted by Gasteiger charge is 2.22. The molecule has 132 valence electrons. The Hall–Kier alpha value is -2.82. The second kappa shape index (κ2) is 7.83. The van der Waals surface area contributed by atoms with Gasteiger partial charge in [-0.05, 0) is 44.4 Å². The molecule has 1 atom stereocenters. The van der Waals surface area contributed by atoms with Crippen LogP contribution in [0.15, 0.2) is 54.6 Å². The van der Waals surface area contributed by atoms with E-state index in [4.69, 9.17) is 4.74 Å². The minimum absolute atomic E-state index is 0.269. The van der Waals surface area contributed by atoms with Crippen LogP contribution in [-0.4, -0.2) is 22.8 Å². The Morgan fingerprint density at radius 3 is 2.24 bits per heavy atom. The van der Waals surface area contributed by atoms with Gasteiger partial charge >= 0.3 is 12.1 Å². The summed E-state index contributed by atoms with van der Waals surface area (Å²) >= 11 is 0. The highest BCUT2D eigenvalue weighted by Crippen LogP contribution is 2.26. The van der Waals surface area contributed by atoms with Crippen LogP contribution in [0.2, 0.25) is 0 Å². The predicted molar refractivity (Wildman–Crippen MR) is 96.8 cm³/mol. The van der Waals surface area contributed by atoms with Crippen LogP contribution >= 0.6 is 0 Å². The molecule has 2 aromatic carbocycles. The van der Waals surface area contributed by atoms with Gasteiger partial charge in [0.25, 0.3) is 0 Å². The first-order valence-corrected chi connectivity index (χ1v) is 8.12. The Morgan fingerprint density at radius 2 is 1.64 bits per heavy atom. The van der Waals surface area contributed by atoms with Crippen molar-refractivity contribution in [1.29, 1.82) is 0 Å². The zero-order chi connectivity index (χ0) is 18.4. The molecule has 25 heavy (non-hydrogen) atoms. The summed E-state index contributed by atoms with van der Waals surface area (Å²) in [5, 5.41) is 12.3. The van der Waals surface area contributed by atoms with Crippen LogP contribution in [0.1, 0.15) is 37.8 Å². The molecule has 0 aromatic heterocycles. The van der Waals surface area contributed by atoms with E-state index in [1.165, 1.54) is 0 Å². The molecule has 1 amide bonds. The second-order valence-electron chi connectivity index (χ2n) is 6.79. The summed E-state index contributed by atoms with van der Waals surface area (Å²) in [4.78, 5) is 23.7. The molecule has 0 aliphatic rings. The van der Waals surface area contributed by atoms with Gasteiger partial charge in [0.15, 0.2) is 0 Å². The van der Waals surface area contributed by atoms with E-state index in [1.807, 2.05) is 30.3 Å². The number of para-hydroxylation sites is 1.